The molecule has 0 aliphatic carbocycles. The Morgan fingerprint density at radius 3 is 2.71 bits per heavy atom. The highest BCUT2D eigenvalue weighted by molar-refractivity contribution is 6.32. The van der Waals surface area contributed by atoms with Crippen LogP contribution in [-0.2, 0) is 13.1 Å². The number of aromatic nitrogens is 2. The Hall–Kier alpha value is -1.67. The van der Waals surface area contributed by atoms with E-state index < -0.39 is 0 Å². The summed E-state index contributed by atoms with van der Waals surface area (Å²) in [5.41, 5.74) is 1.98. The van der Waals surface area contributed by atoms with E-state index in [2.05, 4.69) is 20.9 Å². The Kier molecular flexibility index (Phi) is 5.94. The number of nitriles is 1. The van der Waals surface area contributed by atoms with E-state index >= 15 is 0 Å². The van der Waals surface area contributed by atoms with E-state index in [0.717, 1.165) is 11.1 Å². The van der Waals surface area contributed by atoms with E-state index in [4.69, 9.17) is 28.5 Å². The molecule has 4 nitrogen and oxygen atoms in total. The molecule has 0 spiro atoms. The second-order valence-corrected chi connectivity index (χ2v) is 5.31. The molecular weight excluding hydrogens is 307 g/mol. The highest BCUT2D eigenvalue weighted by Crippen LogP contribution is 2.19. The number of hydrogen-bond donors (Lipinski definition) is 0. The Balaban J connectivity index is 2.10. The maximum Gasteiger partial charge on any atom is 0.135 e. The summed E-state index contributed by atoms with van der Waals surface area (Å²) in [5.74, 6) is 0. The third kappa shape index (κ3) is 4.98. The summed E-state index contributed by atoms with van der Waals surface area (Å²) in [6, 6.07) is 9.65. The lowest BCUT2D eigenvalue weighted by Gasteiger charge is -2.21. The molecule has 21 heavy (non-hydrogen) atoms. The third-order valence-electron chi connectivity index (χ3n) is 2.95. The van der Waals surface area contributed by atoms with Gasteiger partial charge in [-0.2, -0.15) is 5.26 Å². The first-order chi connectivity index (χ1) is 10.2. The van der Waals surface area contributed by atoms with E-state index in [1.165, 1.54) is 0 Å². The maximum absolute atomic E-state index is 8.79. The predicted molar refractivity (Wildman–Crippen MR) is 82.8 cm³/mol. The summed E-state index contributed by atoms with van der Waals surface area (Å²) in [6.45, 7) is 1.97. The molecule has 0 unspecified atom stereocenters. The van der Waals surface area contributed by atoms with Crippen molar-refractivity contribution in [2.45, 2.75) is 19.5 Å². The van der Waals surface area contributed by atoms with Gasteiger partial charge in [0.25, 0.3) is 0 Å². The third-order valence-corrected chi connectivity index (χ3v) is 3.49. The van der Waals surface area contributed by atoms with Crippen LogP contribution >= 0.6 is 23.2 Å². The van der Waals surface area contributed by atoms with Gasteiger partial charge in [-0.15, -0.1) is 0 Å². The van der Waals surface area contributed by atoms with Gasteiger partial charge in [0, 0.05) is 44.0 Å². The molecule has 0 saturated carbocycles. The Labute approximate surface area is 134 Å². The van der Waals surface area contributed by atoms with Crippen LogP contribution in [0, 0.1) is 11.3 Å². The normalized spacial score (nSPS) is 10.6. The monoisotopic (exact) mass is 320 g/mol. The summed E-state index contributed by atoms with van der Waals surface area (Å²) in [5, 5.41) is 9.57. The second kappa shape index (κ2) is 7.94. The maximum atomic E-state index is 8.79. The van der Waals surface area contributed by atoms with Gasteiger partial charge in [0.1, 0.15) is 10.3 Å². The largest absolute Gasteiger partial charge is 0.294 e. The van der Waals surface area contributed by atoms with Crippen LogP contribution in [0.5, 0.6) is 0 Å². The fourth-order valence-electron chi connectivity index (χ4n) is 1.97. The van der Waals surface area contributed by atoms with Crippen molar-refractivity contribution in [1.29, 1.82) is 5.26 Å². The summed E-state index contributed by atoms with van der Waals surface area (Å²) in [4.78, 5) is 10.3. The molecule has 2 heterocycles. The molecule has 2 rings (SSSR count). The smallest absolute Gasteiger partial charge is 0.135 e. The van der Waals surface area contributed by atoms with Crippen LogP contribution in [0.2, 0.25) is 10.3 Å². The van der Waals surface area contributed by atoms with Crippen molar-refractivity contribution in [3.8, 4) is 6.07 Å². The quantitative estimate of drug-likeness (QED) is 0.761. The highest BCUT2D eigenvalue weighted by Gasteiger charge is 2.10. The molecule has 2 aromatic heterocycles. The lowest BCUT2D eigenvalue weighted by Crippen LogP contribution is -2.24. The van der Waals surface area contributed by atoms with E-state index in [1.807, 2.05) is 24.4 Å². The van der Waals surface area contributed by atoms with Gasteiger partial charge in [-0.05, 0) is 17.7 Å². The zero-order valence-electron chi connectivity index (χ0n) is 11.3. The van der Waals surface area contributed by atoms with Gasteiger partial charge < -0.3 is 0 Å². The lowest BCUT2D eigenvalue weighted by molar-refractivity contribution is 0.262. The standard InChI is InChI=1S/C15H14Cl2N4/c16-14-5-4-13(15(17)20-14)11-21(8-2-6-18)10-12-3-1-7-19-9-12/h1,3-5,7,9H,2,8,10-11H2. The van der Waals surface area contributed by atoms with Crippen molar-refractivity contribution >= 4 is 23.2 Å². The Morgan fingerprint density at radius 1 is 1.19 bits per heavy atom. The summed E-state index contributed by atoms with van der Waals surface area (Å²) in [7, 11) is 0. The van der Waals surface area contributed by atoms with Gasteiger partial charge in [-0.1, -0.05) is 35.3 Å². The number of hydrogen-bond acceptors (Lipinski definition) is 4. The second-order valence-electron chi connectivity index (χ2n) is 4.56. The number of pyridine rings is 2. The van der Waals surface area contributed by atoms with Gasteiger partial charge in [-0.25, -0.2) is 4.98 Å². The summed E-state index contributed by atoms with van der Waals surface area (Å²) in [6.07, 6.45) is 4.02. The van der Waals surface area contributed by atoms with Crippen molar-refractivity contribution in [1.82, 2.24) is 14.9 Å². The molecule has 0 amide bonds. The van der Waals surface area contributed by atoms with Gasteiger partial charge in [0.2, 0.25) is 0 Å². The number of rotatable bonds is 6. The minimum absolute atomic E-state index is 0.375. The van der Waals surface area contributed by atoms with Crippen LogP contribution in [0.15, 0.2) is 36.7 Å². The molecule has 0 bridgehead atoms. The van der Waals surface area contributed by atoms with Crippen molar-refractivity contribution < 1.29 is 0 Å². The fourth-order valence-corrected chi connectivity index (χ4v) is 2.38. The van der Waals surface area contributed by atoms with Gasteiger partial charge in [-0.3, -0.25) is 9.88 Å². The average molecular weight is 321 g/mol. The van der Waals surface area contributed by atoms with Crippen LogP contribution in [-0.4, -0.2) is 21.4 Å². The first kappa shape index (κ1) is 15.7. The Bertz CT molecular complexity index is 625. The average Bonchev–Trinajstić information content (AvgIpc) is 2.48. The SMILES string of the molecule is N#CCCN(Cc1cccnc1)Cc1ccc(Cl)nc1Cl. The molecule has 0 atom stereocenters. The van der Waals surface area contributed by atoms with Crippen LogP contribution < -0.4 is 0 Å². The van der Waals surface area contributed by atoms with Crippen LogP contribution in [0.4, 0.5) is 0 Å². The minimum atomic E-state index is 0.375. The van der Waals surface area contributed by atoms with Crippen LogP contribution in [0.3, 0.4) is 0 Å². The van der Waals surface area contributed by atoms with Crippen molar-refractivity contribution in [2.75, 3.05) is 6.54 Å². The molecule has 0 aliphatic heterocycles. The van der Waals surface area contributed by atoms with Crippen molar-refractivity contribution in [3.63, 3.8) is 0 Å². The topological polar surface area (TPSA) is 52.8 Å². The molecular formula is C15H14Cl2N4. The molecule has 0 saturated heterocycles. The summed E-state index contributed by atoms with van der Waals surface area (Å²) >= 11 is 11.9. The summed E-state index contributed by atoms with van der Waals surface area (Å²) < 4.78 is 0. The predicted octanol–water partition coefficient (Wildman–Crippen LogP) is 3.70. The lowest BCUT2D eigenvalue weighted by atomic mass is 10.2. The van der Waals surface area contributed by atoms with Crippen molar-refractivity contribution in [2.24, 2.45) is 0 Å². The van der Waals surface area contributed by atoms with Gasteiger partial charge in [0.15, 0.2) is 0 Å². The first-order valence-corrected chi connectivity index (χ1v) is 7.24. The van der Waals surface area contributed by atoms with E-state index in [0.29, 0.717) is 36.4 Å². The molecule has 108 valence electrons. The number of halogens is 2. The zero-order chi connectivity index (χ0) is 15.1. The van der Waals surface area contributed by atoms with E-state index in [1.54, 1.807) is 12.3 Å². The van der Waals surface area contributed by atoms with E-state index in [9.17, 15) is 0 Å². The minimum Gasteiger partial charge on any atom is -0.294 e. The number of nitrogens with zero attached hydrogens (tertiary/aromatic N) is 4. The fraction of sp³-hybridized carbons (Fsp3) is 0.267. The van der Waals surface area contributed by atoms with Crippen LogP contribution in [0.1, 0.15) is 17.5 Å². The zero-order valence-corrected chi connectivity index (χ0v) is 12.8. The molecule has 0 aliphatic rings. The molecule has 2 aromatic rings. The van der Waals surface area contributed by atoms with Gasteiger partial charge >= 0.3 is 0 Å². The molecule has 0 N–H and O–H groups in total. The van der Waals surface area contributed by atoms with Crippen LogP contribution in [0.25, 0.3) is 0 Å². The molecule has 6 heteroatoms. The molecule has 0 fully saturated rings. The molecule has 0 aromatic carbocycles. The first-order valence-electron chi connectivity index (χ1n) is 6.48. The van der Waals surface area contributed by atoms with E-state index in [-0.39, 0.29) is 0 Å². The Morgan fingerprint density at radius 2 is 2.05 bits per heavy atom. The van der Waals surface area contributed by atoms with Gasteiger partial charge in [0.05, 0.1) is 6.07 Å². The highest BCUT2D eigenvalue weighted by atomic mass is 35.5. The van der Waals surface area contributed by atoms with Crippen molar-refractivity contribution in [3.05, 3.63) is 58.1 Å². The molecule has 0 radical (unpaired) electrons.